The Balaban J connectivity index is 1.54. The molecular formula is C17H12N4O3S. The molecule has 3 heterocycles. The molecule has 1 amide bonds. The Hall–Kier alpha value is -3.26. The van der Waals surface area contributed by atoms with Gasteiger partial charge in [0, 0.05) is 17.0 Å². The van der Waals surface area contributed by atoms with E-state index in [9.17, 15) is 9.59 Å². The molecule has 124 valence electrons. The first-order valence-electron chi connectivity index (χ1n) is 7.47. The zero-order valence-corrected chi connectivity index (χ0v) is 13.7. The number of benzene rings is 1. The fraction of sp³-hybridized carbons (Fsp3) is 0.0588. The second-order valence-corrected chi connectivity index (χ2v) is 6.22. The first-order chi connectivity index (χ1) is 12.2. The number of nitrogens with zero attached hydrogens (tertiary/aromatic N) is 2. The first-order valence-corrected chi connectivity index (χ1v) is 8.35. The maximum atomic E-state index is 12.5. The number of pyridine rings is 1. The molecule has 0 saturated heterocycles. The van der Waals surface area contributed by atoms with Gasteiger partial charge in [-0.25, -0.2) is 0 Å². The monoisotopic (exact) mass is 352 g/mol. The molecule has 0 fully saturated rings. The maximum Gasteiger partial charge on any atom is 0.268 e. The molecule has 0 saturated carbocycles. The van der Waals surface area contributed by atoms with Crippen LogP contribution in [0, 0.1) is 0 Å². The second-order valence-electron chi connectivity index (χ2n) is 5.27. The van der Waals surface area contributed by atoms with Gasteiger partial charge in [-0.05, 0) is 17.5 Å². The Morgan fingerprint density at radius 1 is 1.24 bits per heavy atom. The number of hydrogen-bond acceptors (Lipinski definition) is 6. The fourth-order valence-electron chi connectivity index (χ4n) is 2.47. The SMILES string of the molecule is O=C(NCc1noc(-c2cccs2)n1)c1cc(=O)[nH]c2ccccc12. The Morgan fingerprint density at radius 3 is 2.96 bits per heavy atom. The summed E-state index contributed by atoms with van der Waals surface area (Å²) in [5.41, 5.74) is 0.587. The fourth-order valence-corrected chi connectivity index (χ4v) is 3.12. The van der Waals surface area contributed by atoms with Crippen molar-refractivity contribution in [3.05, 3.63) is 69.6 Å². The molecule has 0 aliphatic carbocycles. The van der Waals surface area contributed by atoms with Gasteiger partial charge in [-0.3, -0.25) is 9.59 Å². The lowest BCUT2D eigenvalue weighted by Crippen LogP contribution is -2.25. The number of carbonyl (C=O) groups is 1. The number of carbonyl (C=O) groups excluding carboxylic acids is 1. The number of aromatic nitrogens is 3. The Labute approximate surface area is 145 Å². The van der Waals surface area contributed by atoms with E-state index in [1.165, 1.54) is 17.4 Å². The van der Waals surface area contributed by atoms with Crippen LogP contribution >= 0.6 is 11.3 Å². The molecule has 0 radical (unpaired) electrons. The second kappa shape index (κ2) is 6.33. The van der Waals surface area contributed by atoms with Gasteiger partial charge in [0.15, 0.2) is 5.82 Å². The minimum Gasteiger partial charge on any atom is -0.345 e. The maximum absolute atomic E-state index is 12.5. The minimum atomic E-state index is -0.371. The van der Waals surface area contributed by atoms with Crippen molar-refractivity contribution in [3.8, 4) is 10.8 Å². The summed E-state index contributed by atoms with van der Waals surface area (Å²) in [7, 11) is 0. The molecule has 4 aromatic rings. The summed E-state index contributed by atoms with van der Waals surface area (Å²) in [5.74, 6) is 0.413. The molecule has 4 rings (SSSR count). The lowest BCUT2D eigenvalue weighted by molar-refractivity contribution is 0.0951. The van der Waals surface area contributed by atoms with Crippen molar-refractivity contribution in [1.82, 2.24) is 20.4 Å². The summed E-state index contributed by atoms with van der Waals surface area (Å²) in [5, 5.41) is 9.16. The van der Waals surface area contributed by atoms with Crippen LogP contribution in [0.15, 0.2) is 57.2 Å². The molecule has 8 heteroatoms. The molecule has 0 spiro atoms. The summed E-state index contributed by atoms with van der Waals surface area (Å²) in [6.45, 7) is 0.106. The highest BCUT2D eigenvalue weighted by atomic mass is 32.1. The number of H-pyrrole nitrogens is 1. The molecule has 0 aliphatic heterocycles. The van der Waals surface area contributed by atoms with E-state index in [1.807, 2.05) is 23.6 Å². The summed E-state index contributed by atoms with van der Waals surface area (Å²) in [6, 6.07) is 12.2. The summed E-state index contributed by atoms with van der Waals surface area (Å²) in [6.07, 6.45) is 0. The van der Waals surface area contributed by atoms with E-state index >= 15 is 0 Å². The Morgan fingerprint density at radius 2 is 2.12 bits per heavy atom. The molecule has 0 bridgehead atoms. The van der Waals surface area contributed by atoms with Gasteiger partial charge < -0.3 is 14.8 Å². The van der Waals surface area contributed by atoms with Gasteiger partial charge in [0.05, 0.1) is 17.0 Å². The van der Waals surface area contributed by atoms with E-state index < -0.39 is 0 Å². The van der Waals surface area contributed by atoms with Crippen molar-refractivity contribution in [3.63, 3.8) is 0 Å². The molecule has 3 aromatic heterocycles. The Kier molecular flexibility index (Phi) is 3.87. The van der Waals surface area contributed by atoms with Crippen molar-refractivity contribution in [2.24, 2.45) is 0 Å². The standard InChI is InChI=1S/C17H12N4O3S/c22-15-8-11(10-4-1-2-5-12(10)19-15)16(23)18-9-14-20-17(24-21-14)13-6-3-7-25-13/h1-8H,9H2,(H,18,23)(H,19,22). The number of nitrogens with one attached hydrogen (secondary N) is 2. The smallest absolute Gasteiger partial charge is 0.268 e. The summed E-state index contributed by atoms with van der Waals surface area (Å²) >= 11 is 1.49. The van der Waals surface area contributed by atoms with E-state index in [4.69, 9.17) is 4.52 Å². The zero-order chi connectivity index (χ0) is 17.2. The highest BCUT2D eigenvalue weighted by Gasteiger charge is 2.14. The molecule has 25 heavy (non-hydrogen) atoms. The number of aromatic amines is 1. The van der Waals surface area contributed by atoms with Gasteiger partial charge in [0.2, 0.25) is 5.56 Å². The molecule has 0 atom stereocenters. The minimum absolute atomic E-state index is 0.106. The first kappa shape index (κ1) is 15.3. The molecule has 0 unspecified atom stereocenters. The van der Waals surface area contributed by atoms with Gasteiger partial charge in [-0.2, -0.15) is 4.98 Å². The molecular weight excluding hydrogens is 340 g/mol. The number of fused-ring (bicyclic) bond motifs is 1. The molecule has 7 nitrogen and oxygen atoms in total. The van der Waals surface area contributed by atoms with Gasteiger partial charge in [0.1, 0.15) is 0 Å². The van der Waals surface area contributed by atoms with Gasteiger partial charge in [-0.1, -0.05) is 29.4 Å². The molecule has 0 aliphatic rings. The quantitative estimate of drug-likeness (QED) is 0.588. The van der Waals surface area contributed by atoms with Crippen molar-refractivity contribution in [1.29, 1.82) is 0 Å². The predicted octanol–water partition coefficient (Wildman–Crippen LogP) is 2.57. The number of para-hydroxylation sites is 1. The van der Waals surface area contributed by atoms with Gasteiger partial charge >= 0.3 is 0 Å². The van der Waals surface area contributed by atoms with Gasteiger partial charge in [-0.15, -0.1) is 11.3 Å². The predicted molar refractivity (Wildman–Crippen MR) is 93.3 cm³/mol. The van der Waals surface area contributed by atoms with Crippen LogP contribution in [0.3, 0.4) is 0 Å². The lowest BCUT2D eigenvalue weighted by atomic mass is 10.1. The van der Waals surface area contributed by atoms with Crippen LogP contribution in [0.2, 0.25) is 0 Å². The number of amides is 1. The lowest BCUT2D eigenvalue weighted by Gasteiger charge is -2.06. The van der Waals surface area contributed by atoms with Crippen LogP contribution in [0.4, 0.5) is 0 Å². The summed E-state index contributed by atoms with van der Waals surface area (Å²) in [4.78, 5) is 32.0. The number of rotatable bonds is 4. The van der Waals surface area contributed by atoms with E-state index in [1.54, 1.807) is 18.2 Å². The summed E-state index contributed by atoms with van der Waals surface area (Å²) < 4.78 is 5.18. The molecule has 2 N–H and O–H groups in total. The highest BCUT2D eigenvalue weighted by molar-refractivity contribution is 7.13. The average molecular weight is 352 g/mol. The van der Waals surface area contributed by atoms with E-state index in [2.05, 4.69) is 20.4 Å². The average Bonchev–Trinajstić information content (AvgIpc) is 3.30. The normalized spacial score (nSPS) is 10.9. The van der Waals surface area contributed by atoms with E-state index in [0.29, 0.717) is 28.2 Å². The largest absolute Gasteiger partial charge is 0.345 e. The number of hydrogen-bond donors (Lipinski definition) is 2. The van der Waals surface area contributed by atoms with Crippen LogP contribution in [0.5, 0.6) is 0 Å². The van der Waals surface area contributed by atoms with Crippen molar-refractivity contribution in [2.45, 2.75) is 6.54 Å². The Bertz CT molecular complexity index is 1100. The molecule has 1 aromatic carbocycles. The van der Waals surface area contributed by atoms with E-state index in [0.717, 1.165) is 4.88 Å². The van der Waals surface area contributed by atoms with Crippen LogP contribution in [0.25, 0.3) is 21.7 Å². The zero-order valence-electron chi connectivity index (χ0n) is 12.9. The van der Waals surface area contributed by atoms with Crippen molar-refractivity contribution >= 4 is 28.1 Å². The third-order valence-corrected chi connectivity index (χ3v) is 4.46. The van der Waals surface area contributed by atoms with Crippen molar-refractivity contribution < 1.29 is 9.32 Å². The topological polar surface area (TPSA) is 101 Å². The van der Waals surface area contributed by atoms with Crippen LogP contribution < -0.4 is 10.9 Å². The van der Waals surface area contributed by atoms with E-state index in [-0.39, 0.29) is 18.0 Å². The van der Waals surface area contributed by atoms with Crippen molar-refractivity contribution in [2.75, 3.05) is 0 Å². The number of thiophene rings is 1. The third kappa shape index (κ3) is 3.07. The van der Waals surface area contributed by atoms with Crippen LogP contribution in [0.1, 0.15) is 16.2 Å². The van der Waals surface area contributed by atoms with Crippen LogP contribution in [-0.4, -0.2) is 21.0 Å². The highest BCUT2D eigenvalue weighted by Crippen LogP contribution is 2.22. The third-order valence-electron chi connectivity index (χ3n) is 3.60. The van der Waals surface area contributed by atoms with Crippen LogP contribution in [-0.2, 0) is 6.54 Å². The van der Waals surface area contributed by atoms with Gasteiger partial charge in [0.25, 0.3) is 11.8 Å².